The van der Waals surface area contributed by atoms with Gasteiger partial charge in [0.05, 0.1) is 28.2 Å². The zero-order valence-electron chi connectivity index (χ0n) is 20.3. The molecule has 0 spiro atoms. The Labute approximate surface area is 201 Å². The summed E-state index contributed by atoms with van der Waals surface area (Å²) in [6.45, 7) is 9.14. The SMILES string of the molecule is Cc1nn(-c2cccc(C(F)(F)F)c2)c(C)c1C(=O)C(=O)NC1CCN(C(=O)OC(C)(C)C)CC1. The summed E-state index contributed by atoms with van der Waals surface area (Å²) in [5, 5.41) is 6.91. The van der Waals surface area contributed by atoms with Gasteiger partial charge in [0.15, 0.2) is 0 Å². The number of halogens is 3. The van der Waals surface area contributed by atoms with Crippen molar-refractivity contribution in [2.45, 2.75) is 65.3 Å². The van der Waals surface area contributed by atoms with E-state index in [9.17, 15) is 27.6 Å². The number of nitrogens with one attached hydrogen (secondary N) is 1. The van der Waals surface area contributed by atoms with Crippen molar-refractivity contribution in [2.75, 3.05) is 13.1 Å². The second kappa shape index (κ2) is 9.71. The van der Waals surface area contributed by atoms with Crippen molar-refractivity contribution in [1.82, 2.24) is 20.0 Å². The van der Waals surface area contributed by atoms with E-state index in [-0.39, 0.29) is 28.7 Å². The molecule has 1 aromatic heterocycles. The van der Waals surface area contributed by atoms with E-state index >= 15 is 0 Å². The van der Waals surface area contributed by atoms with Crippen LogP contribution in [0.2, 0.25) is 0 Å². The molecule has 2 aromatic rings. The molecule has 3 rings (SSSR count). The molecule has 1 fully saturated rings. The number of carbonyl (C=O) groups excluding carboxylic acids is 3. The summed E-state index contributed by atoms with van der Waals surface area (Å²) < 4.78 is 45.9. The van der Waals surface area contributed by atoms with Gasteiger partial charge in [-0.05, 0) is 65.7 Å². The molecular weight excluding hydrogens is 465 g/mol. The van der Waals surface area contributed by atoms with Gasteiger partial charge in [0.1, 0.15) is 5.60 Å². The number of ether oxygens (including phenoxy) is 1. The van der Waals surface area contributed by atoms with E-state index in [1.54, 1.807) is 25.7 Å². The molecule has 1 N–H and O–H groups in total. The van der Waals surface area contributed by atoms with E-state index in [1.165, 1.54) is 30.7 Å². The van der Waals surface area contributed by atoms with E-state index in [4.69, 9.17) is 4.74 Å². The minimum Gasteiger partial charge on any atom is -0.444 e. The summed E-state index contributed by atoms with van der Waals surface area (Å²) in [5.41, 5.74) is -0.768. The van der Waals surface area contributed by atoms with E-state index in [1.807, 2.05) is 0 Å². The van der Waals surface area contributed by atoms with Gasteiger partial charge in [0, 0.05) is 19.1 Å². The highest BCUT2D eigenvalue weighted by molar-refractivity contribution is 6.43. The Balaban J connectivity index is 1.68. The van der Waals surface area contributed by atoms with Crippen LogP contribution in [0.25, 0.3) is 5.69 Å². The number of hydrogen-bond donors (Lipinski definition) is 1. The molecule has 0 unspecified atom stereocenters. The number of hydrogen-bond acceptors (Lipinski definition) is 5. The Morgan fingerprint density at radius 3 is 2.29 bits per heavy atom. The Hall–Kier alpha value is -3.37. The Kier molecular flexibility index (Phi) is 7.28. The van der Waals surface area contributed by atoms with Gasteiger partial charge in [-0.2, -0.15) is 18.3 Å². The fourth-order valence-corrected chi connectivity index (χ4v) is 3.93. The third-order valence-corrected chi connectivity index (χ3v) is 5.62. The quantitative estimate of drug-likeness (QED) is 0.508. The lowest BCUT2D eigenvalue weighted by Crippen LogP contribution is -2.49. The summed E-state index contributed by atoms with van der Waals surface area (Å²) in [4.78, 5) is 39.4. The van der Waals surface area contributed by atoms with Gasteiger partial charge in [-0.1, -0.05) is 6.07 Å². The molecule has 0 aliphatic carbocycles. The van der Waals surface area contributed by atoms with Crippen molar-refractivity contribution < 1.29 is 32.3 Å². The largest absolute Gasteiger partial charge is 0.444 e. The predicted molar refractivity (Wildman–Crippen MR) is 121 cm³/mol. The van der Waals surface area contributed by atoms with E-state index < -0.39 is 35.1 Å². The van der Waals surface area contributed by atoms with E-state index in [0.717, 1.165) is 12.1 Å². The van der Waals surface area contributed by atoms with Crippen LogP contribution in [-0.2, 0) is 15.7 Å². The molecule has 190 valence electrons. The molecule has 1 aliphatic heterocycles. The van der Waals surface area contributed by atoms with Crippen molar-refractivity contribution in [3.05, 3.63) is 46.8 Å². The highest BCUT2D eigenvalue weighted by atomic mass is 19.4. The number of likely N-dealkylation sites (tertiary alicyclic amines) is 1. The highest BCUT2D eigenvalue weighted by Crippen LogP contribution is 2.31. The maximum absolute atomic E-state index is 13.1. The van der Waals surface area contributed by atoms with Crippen LogP contribution < -0.4 is 5.32 Å². The molecule has 2 amide bonds. The number of benzene rings is 1. The molecule has 0 bridgehead atoms. The number of rotatable bonds is 4. The summed E-state index contributed by atoms with van der Waals surface area (Å²) in [5.74, 6) is -1.64. The molecule has 2 heterocycles. The lowest BCUT2D eigenvalue weighted by molar-refractivity contribution is -0.137. The number of aromatic nitrogens is 2. The molecule has 1 saturated heterocycles. The van der Waals surface area contributed by atoms with Crippen molar-refractivity contribution in [1.29, 1.82) is 0 Å². The van der Waals surface area contributed by atoms with Crippen molar-refractivity contribution in [2.24, 2.45) is 0 Å². The predicted octanol–water partition coefficient (Wildman–Crippen LogP) is 4.21. The normalized spacial score (nSPS) is 15.1. The van der Waals surface area contributed by atoms with Crippen molar-refractivity contribution in [3.63, 3.8) is 0 Å². The van der Waals surface area contributed by atoms with Gasteiger partial charge in [-0.15, -0.1) is 0 Å². The fourth-order valence-electron chi connectivity index (χ4n) is 3.93. The van der Waals surface area contributed by atoms with Crippen molar-refractivity contribution in [3.8, 4) is 5.69 Å². The van der Waals surface area contributed by atoms with Crippen LogP contribution in [0, 0.1) is 13.8 Å². The van der Waals surface area contributed by atoms with Crippen LogP contribution in [0.1, 0.15) is 60.9 Å². The second-order valence-corrected chi connectivity index (χ2v) is 9.55. The summed E-state index contributed by atoms with van der Waals surface area (Å²) in [6.07, 6.45) is -4.03. The molecule has 1 aromatic carbocycles. The first-order chi connectivity index (χ1) is 16.2. The van der Waals surface area contributed by atoms with Gasteiger partial charge in [-0.3, -0.25) is 9.59 Å². The average Bonchev–Trinajstić information content (AvgIpc) is 3.05. The van der Waals surface area contributed by atoms with Crippen LogP contribution in [0.3, 0.4) is 0 Å². The van der Waals surface area contributed by atoms with Gasteiger partial charge in [0.2, 0.25) is 0 Å². The first kappa shape index (κ1) is 26.2. The summed E-state index contributed by atoms with van der Waals surface area (Å²) >= 11 is 0. The number of piperidine rings is 1. The molecule has 35 heavy (non-hydrogen) atoms. The van der Waals surface area contributed by atoms with Crippen LogP contribution >= 0.6 is 0 Å². The fraction of sp³-hybridized carbons (Fsp3) is 0.500. The summed E-state index contributed by atoms with van der Waals surface area (Å²) in [7, 11) is 0. The topological polar surface area (TPSA) is 93.5 Å². The molecule has 11 heteroatoms. The average molecular weight is 495 g/mol. The lowest BCUT2D eigenvalue weighted by atomic mass is 10.0. The van der Waals surface area contributed by atoms with Crippen LogP contribution in [0.4, 0.5) is 18.0 Å². The number of amides is 2. The molecular formula is C24H29F3N4O4. The second-order valence-electron chi connectivity index (χ2n) is 9.55. The number of nitrogens with zero attached hydrogens (tertiary/aromatic N) is 3. The molecule has 0 radical (unpaired) electrons. The molecule has 8 nitrogen and oxygen atoms in total. The van der Waals surface area contributed by atoms with Gasteiger partial charge < -0.3 is 15.0 Å². The third kappa shape index (κ3) is 6.20. The van der Waals surface area contributed by atoms with Gasteiger partial charge in [0.25, 0.3) is 11.7 Å². The minimum atomic E-state index is -4.52. The van der Waals surface area contributed by atoms with Crippen LogP contribution in [0.15, 0.2) is 24.3 Å². The number of alkyl halides is 3. The smallest absolute Gasteiger partial charge is 0.416 e. The minimum absolute atomic E-state index is 0.0473. The highest BCUT2D eigenvalue weighted by Gasteiger charge is 2.32. The zero-order chi connectivity index (χ0) is 26.1. The third-order valence-electron chi connectivity index (χ3n) is 5.62. The number of carbonyl (C=O) groups is 3. The first-order valence-electron chi connectivity index (χ1n) is 11.2. The zero-order valence-corrected chi connectivity index (χ0v) is 20.3. The van der Waals surface area contributed by atoms with Crippen molar-refractivity contribution >= 4 is 17.8 Å². The van der Waals surface area contributed by atoms with E-state index in [2.05, 4.69) is 10.4 Å². The maximum Gasteiger partial charge on any atom is 0.416 e. The van der Waals surface area contributed by atoms with Crippen LogP contribution in [0.5, 0.6) is 0 Å². The number of ketones is 1. The monoisotopic (exact) mass is 494 g/mol. The van der Waals surface area contributed by atoms with Gasteiger partial charge in [-0.25, -0.2) is 9.48 Å². The Morgan fingerprint density at radius 2 is 1.71 bits per heavy atom. The van der Waals surface area contributed by atoms with Crippen LogP contribution in [-0.4, -0.2) is 57.2 Å². The Bertz CT molecular complexity index is 1130. The number of Topliss-reactive ketones (excluding diaryl/α,β-unsaturated/α-hetero) is 1. The number of aryl methyl sites for hydroxylation is 1. The van der Waals surface area contributed by atoms with E-state index in [0.29, 0.717) is 25.9 Å². The molecule has 0 atom stereocenters. The lowest BCUT2D eigenvalue weighted by Gasteiger charge is -2.33. The first-order valence-corrected chi connectivity index (χ1v) is 11.2. The Morgan fingerprint density at radius 1 is 1.09 bits per heavy atom. The maximum atomic E-state index is 13.1. The van der Waals surface area contributed by atoms with Gasteiger partial charge >= 0.3 is 12.3 Å². The molecule has 0 saturated carbocycles. The summed E-state index contributed by atoms with van der Waals surface area (Å²) in [6, 6.07) is 4.28. The standard InChI is InChI=1S/C24H29F3N4O4/c1-14-19(15(2)31(29-14)18-8-6-7-16(13-18)24(25,26)27)20(32)21(33)28-17-9-11-30(12-10-17)22(34)35-23(3,4)5/h6-8,13,17H,9-12H2,1-5H3,(H,28,33). The molecule has 1 aliphatic rings.